The van der Waals surface area contributed by atoms with E-state index in [0.29, 0.717) is 23.9 Å². The number of tetrazole rings is 1. The molecule has 3 aromatic rings. The maximum absolute atomic E-state index is 12.7. The second-order valence-electron chi connectivity index (χ2n) is 7.54. The van der Waals surface area contributed by atoms with Gasteiger partial charge in [0.2, 0.25) is 5.91 Å². The third-order valence-corrected chi connectivity index (χ3v) is 5.50. The topological polar surface area (TPSA) is 95.8 Å². The number of carbonyl (C=O) groups is 1. The molecule has 1 N–H and O–H groups in total. The number of benzene rings is 1. The first-order valence-corrected chi connectivity index (χ1v) is 10.3. The zero-order chi connectivity index (χ0) is 20.2. The summed E-state index contributed by atoms with van der Waals surface area (Å²) in [6, 6.07) is 5.48. The van der Waals surface area contributed by atoms with E-state index in [-0.39, 0.29) is 12.5 Å². The van der Waals surface area contributed by atoms with Crippen molar-refractivity contribution in [2.75, 3.05) is 20.1 Å². The highest BCUT2D eigenvalue weighted by atomic mass is 35.5. The lowest BCUT2D eigenvalue weighted by Gasteiger charge is -2.19. The highest BCUT2D eigenvalue weighted by Crippen LogP contribution is 2.18. The lowest BCUT2D eigenvalue weighted by atomic mass is 10.2. The highest BCUT2D eigenvalue weighted by Gasteiger charge is 2.18. The molecule has 1 aromatic carbocycles. The SMILES string of the molecule is CN(Cc1nc2ccc(Cl)cc2[nH]1)C(=O)Cn1nnnc1CN1CCCCCC1. The maximum atomic E-state index is 12.7. The number of likely N-dealkylation sites (tertiary alicyclic amines) is 1. The van der Waals surface area contributed by atoms with Gasteiger partial charge in [0.15, 0.2) is 5.82 Å². The number of fused-ring (bicyclic) bond motifs is 1. The number of aromatic amines is 1. The number of carbonyl (C=O) groups excluding carboxylic acids is 1. The minimum absolute atomic E-state index is 0.0760. The van der Waals surface area contributed by atoms with Crippen LogP contribution < -0.4 is 0 Å². The molecule has 29 heavy (non-hydrogen) atoms. The Bertz CT molecular complexity index is 976. The molecule has 0 radical (unpaired) electrons. The molecule has 0 unspecified atom stereocenters. The van der Waals surface area contributed by atoms with Gasteiger partial charge in [-0.05, 0) is 54.6 Å². The molecular formula is C19H25ClN8O. The number of H-pyrrole nitrogens is 1. The molecule has 3 heterocycles. The second-order valence-corrected chi connectivity index (χ2v) is 7.97. The van der Waals surface area contributed by atoms with Gasteiger partial charge in [-0.15, -0.1) is 5.10 Å². The van der Waals surface area contributed by atoms with Crippen LogP contribution in [0.15, 0.2) is 18.2 Å². The quantitative estimate of drug-likeness (QED) is 0.662. The van der Waals surface area contributed by atoms with Gasteiger partial charge in [0, 0.05) is 12.1 Å². The number of likely N-dealkylation sites (N-methyl/N-ethyl adjacent to an activating group) is 1. The molecule has 1 amide bonds. The lowest BCUT2D eigenvalue weighted by molar-refractivity contribution is -0.131. The van der Waals surface area contributed by atoms with E-state index in [9.17, 15) is 4.79 Å². The Morgan fingerprint density at radius 3 is 2.83 bits per heavy atom. The monoisotopic (exact) mass is 416 g/mol. The summed E-state index contributed by atoms with van der Waals surface area (Å²) in [6.07, 6.45) is 4.95. The first-order chi connectivity index (χ1) is 14.1. The van der Waals surface area contributed by atoms with Crippen molar-refractivity contribution in [2.24, 2.45) is 0 Å². The summed E-state index contributed by atoms with van der Waals surface area (Å²) < 4.78 is 1.60. The Balaban J connectivity index is 1.37. The molecule has 4 rings (SSSR count). The van der Waals surface area contributed by atoms with Gasteiger partial charge in [-0.25, -0.2) is 9.67 Å². The minimum atomic E-state index is -0.0760. The molecule has 154 valence electrons. The molecule has 10 heteroatoms. The number of hydrogen-bond donors (Lipinski definition) is 1. The van der Waals surface area contributed by atoms with Gasteiger partial charge >= 0.3 is 0 Å². The van der Waals surface area contributed by atoms with Crippen LogP contribution in [0.3, 0.4) is 0 Å². The van der Waals surface area contributed by atoms with Crippen LogP contribution in [-0.4, -0.2) is 66.0 Å². The standard InChI is InChI=1S/C19H25ClN8O/c1-26(11-17-21-15-7-6-14(20)10-16(15)22-17)19(29)13-28-18(23-24-25-28)12-27-8-4-2-3-5-9-27/h6-7,10H,2-5,8-9,11-13H2,1H3,(H,21,22). The van der Waals surface area contributed by atoms with Gasteiger partial charge in [-0.1, -0.05) is 24.4 Å². The molecule has 2 aromatic heterocycles. The van der Waals surface area contributed by atoms with Crippen molar-refractivity contribution in [3.05, 3.63) is 34.9 Å². The summed E-state index contributed by atoms with van der Waals surface area (Å²) in [6.45, 7) is 3.26. The van der Waals surface area contributed by atoms with Crippen LogP contribution in [0.4, 0.5) is 0 Å². The first-order valence-electron chi connectivity index (χ1n) is 9.94. The van der Waals surface area contributed by atoms with Gasteiger partial charge < -0.3 is 9.88 Å². The summed E-state index contributed by atoms with van der Waals surface area (Å²) in [7, 11) is 1.75. The highest BCUT2D eigenvalue weighted by molar-refractivity contribution is 6.31. The number of nitrogens with one attached hydrogen (secondary N) is 1. The predicted octanol–water partition coefficient (Wildman–Crippen LogP) is 2.24. The second kappa shape index (κ2) is 8.87. The van der Waals surface area contributed by atoms with E-state index < -0.39 is 0 Å². The summed E-state index contributed by atoms with van der Waals surface area (Å²) in [5.41, 5.74) is 1.68. The molecule has 1 aliphatic heterocycles. The average molecular weight is 417 g/mol. The van der Waals surface area contributed by atoms with E-state index >= 15 is 0 Å². The molecule has 1 saturated heterocycles. The number of rotatable bonds is 6. The predicted molar refractivity (Wildman–Crippen MR) is 109 cm³/mol. The first kappa shape index (κ1) is 19.8. The zero-order valence-electron chi connectivity index (χ0n) is 16.5. The van der Waals surface area contributed by atoms with Crippen LogP contribution in [0.25, 0.3) is 11.0 Å². The molecule has 1 aliphatic rings. The van der Waals surface area contributed by atoms with Crippen molar-refractivity contribution < 1.29 is 4.79 Å². The molecule has 1 fully saturated rings. The van der Waals surface area contributed by atoms with Crippen LogP contribution >= 0.6 is 11.6 Å². The Morgan fingerprint density at radius 1 is 1.24 bits per heavy atom. The fraction of sp³-hybridized carbons (Fsp3) is 0.526. The summed E-state index contributed by atoms with van der Waals surface area (Å²) in [5.74, 6) is 1.36. The van der Waals surface area contributed by atoms with Crippen LogP contribution in [-0.2, 0) is 24.4 Å². The molecular weight excluding hydrogens is 392 g/mol. The van der Waals surface area contributed by atoms with Crippen molar-refractivity contribution in [3.63, 3.8) is 0 Å². The lowest BCUT2D eigenvalue weighted by Crippen LogP contribution is -2.32. The van der Waals surface area contributed by atoms with Crippen molar-refractivity contribution in [1.82, 2.24) is 40.0 Å². The van der Waals surface area contributed by atoms with E-state index in [2.05, 4.69) is 30.4 Å². The summed E-state index contributed by atoms with van der Waals surface area (Å²) >= 11 is 6.02. The van der Waals surface area contributed by atoms with Crippen molar-refractivity contribution in [2.45, 2.75) is 45.3 Å². The number of hydrogen-bond acceptors (Lipinski definition) is 6. The third-order valence-electron chi connectivity index (χ3n) is 5.26. The third kappa shape index (κ3) is 4.91. The van der Waals surface area contributed by atoms with Gasteiger partial charge in [-0.2, -0.15) is 0 Å². The van der Waals surface area contributed by atoms with Gasteiger partial charge in [0.05, 0.1) is 24.1 Å². The van der Waals surface area contributed by atoms with Crippen molar-refractivity contribution in [3.8, 4) is 0 Å². The van der Waals surface area contributed by atoms with E-state index in [1.54, 1.807) is 22.7 Å². The number of amides is 1. The van der Waals surface area contributed by atoms with E-state index in [1.165, 1.54) is 25.7 Å². The number of halogens is 1. The van der Waals surface area contributed by atoms with Crippen LogP contribution in [0.1, 0.15) is 37.3 Å². The molecule has 0 bridgehead atoms. The Morgan fingerprint density at radius 2 is 2.03 bits per heavy atom. The number of aromatic nitrogens is 6. The summed E-state index contributed by atoms with van der Waals surface area (Å²) in [4.78, 5) is 24.4. The van der Waals surface area contributed by atoms with Crippen molar-refractivity contribution >= 4 is 28.5 Å². The van der Waals surface area contributed by atoms with E-state index in [4.69, 9.17) is 11.6 Å². The largest absolute Gasteiger partial charge is 0.340 e. The van der Waals surface area contributed by atoms with Crippen LogP contribution in [0.2, 0.25) is 5.02 Å². The number of nitrogens with zero attached hydrogens (tertiary/aromatic N) is 7. The minimum Gasteiger partial charge on any atom is -0.340 e. The van der Waals surface area contributed by atoms with E-state index in [1.807, 2.05) is 12.1 Å². The maximum Gasteiger partial charge on any atom is 0.244 e. The molecule has 9 nitrogen and oxygen atoms in total. The van der Waals surface area contributed by atoms with Gasteiger partial charge in [0.1, 0.15) is 12.4 Å². The van der Waals surface area contributed by atoms with Crippen LogP contribution in [0, 0.1) is 0 Å². The van der Waals surface area contributed by atoms with Crippen molar-refractivity contribution in [1.29, 1.82) is 0 Å². The summed E-state index contributed by atoms with van der Waals surface area (Å²) in [5, 5.41) is 12.6. The van der Waals surface area contributed by atoms with E-state index in [0.717, 1.165) is 29.9 Å². The van der Waals surface area contributed by atoms with Crippen LogP contribution in [0.5, 0.6) is 0 Å². The molecule has 0 aliphatic carbocycles. The zero-order valence-corrected chi connectivity index (χ0v) is 17.3. The molecule has 0 saturated carbocycles. The average Bonchev–Trinajstić information content (AvgIpc) is 3.19. The number of imidazole rings is 1. The fourth-order valence-corrected chi connectivity index (χ4v) is 3.80. The molecule has 0 atom stereocenters. The Kier molecular flexibility index (Phi) is 6.05. The Hall–Kier alpha value is -2.52. The smallest absolute Gasteiger partial charge is 0.244 e. The fourth-order valence-electron chi connectivity index (χ4n) is 3.62. The Labute approximate surface area is 174 Å². The van der Waals surface area contributed by atoms with Gasteiger partial charge in [0.25, 0.3) is 0 Å². The molecule has 0 spiro atoms. The normalized spacial score (nSPS) is 15.5. The van der Waals surface area contributed by atoms with Gasteiger partial charge in [-0.3, -0.25) is 9.69 Å².